The summed E-state index contributed by atoms with van der Waals surface area (Å²) in [6.07, 6.45) is -0.310. The van der Waals surface area contributed by atoms with Gasteiger partial charge in [-0.25, -0.2) is 0 Å². The predicted molar refractivity (Wildman–Crippen MR) is 88.5 cm³/mol. The Hall–Kier alpha value is -1.21. The summed E-state index contributed by atoms with van der Waals surface area (Å²) in [5.41, 5.74) is 1.84. The maximum atomic E-state index is 11.1. The van der Waals surface area contributed by atoms with E-state index in [9.17, 15) is 15.2 Å². The number of aliphatic hydroxyl groups is 1. The molecule has 0 radical (unpaired) electrons. The van der Waals surface area contributed by atoms with Crippen LogP contribution in [0.4, 0.5) is 5.69 Å². The van der Waals surface area contributed by atoms with Crippen LogP contribution in [-0.2, 0) is 6.54 Å². The number of hydrogen-bond donors (Lipinski definition) is 3. The Labute approximate surface area is 136 Å². The minimum atomic E-state index is -0.316. The Kier molecular flexibility index (Phi) is 7.22. The SMILES string of the molecule is CC(C)c1ccc(CNCC2CNCC2O)cc1[N+](=O)[O-].Cl. The van der Waals surface area contributed by atoms with E-state index in [1.54, 1.807) is 6.07 Å². The van der Waals surface area contributed by atoms with E-state index in [2.05, 4.69) is 10.6 Å². The third kappa shape index (κ3) is 4.64. The number of rotatable bonds is 6. The number of benzene rings is 1. The average Bonchev–Trinajstić information content (AvgIpc) is 2.84. The Bertz CT molecular complexity index is 511. The van der Waals surface area contributed by atoms with E-state index in [1.165, 1.54) is 0 Å². The van der Waals surface area contributed by atoms with Gasteiger partial charge in [0.2, 0.25) is 0 Å². The third-order valence-electron chi connectivity index (χ3n) is 3.95. The molecule has 124 valence electrons. The smallest absolute Gasteiger partial charge is 0.273 e. The monoisotopic (exact) mass is 329 g/mol. The highest BCUT2D eigenvalue weighted by atomic mass is 35.5. The van der Waals surface area contributed by atoms with Gasteiger partial charge in [-0.15, -0.1) is 12.4 Å². The number of nitrogens with zero attached hydrogens (tertiary/aromatic N) is 1. The van der Waals surface area contributed by atoms with Crippen LogP contribution in [0.2, 0.25) is 0 Å². The molecule has 2 rings (SSSR count). The van der Waals surface area contributed by atoms with Gasteiger partial charge < -0.3 is 15.7 Å². The van der Waals surface area contributed by atoms with Crippen LogP contribution in [-0.4, -0.2) is 35.8 Å². The van der Waals surface area contributed by atoms with Crippen molar-refractivity contribution in [2.75, 3.05) is 19.6 Å². The minimum Gasteiger partial charge on any atom is -0.391 e. The fraction of sp³-hybridized carbons (Fsp3) is 0.600. The summed E-state index contributed by atoms with van der Waals surface area (Å²) in [4.78, 5) is 10.8. The lowest BCUT2D eigenvalue weighted by Gasteiger charge is -2.14. The molecule has 0 aromatic heterocycles. The van der Waals surface area contributed by atoms with Crippen LogP contribution < -0.4 is 10.6 Å². The molecule has 6 nitrogen and oxygen atoms in total. The van der Waals surface area contributed by atoms with E-state index in [4.69, 9.17) is 0 Å². The number of halogens is 1. The van der Waals surface area contributed by atoms with Gasteiger partial charge >= 0.3 is 0 Å². The molecule has 1 aromatic carbocycles. The molecule has 22 heavy (non-hydrogen) atoms. The zero-order valence-corrected chi connectivity index (χ0v) is 13.7. The summed E-state index contributed by atoms with van der Waals surface area (Å²) < 4.78 is 0. The Balaban J connectivity index is 0.00000242. The van der Waals surface area contributed by atoms with E-state index in [0.29, 0.717) is 19.6 Å². The highest BCUT2D eigenvalue weighted by molar-refractivity contribution is 5.85. The molecule has 7 heteroatoms. The van der Waals surface area contributed by atoms with Crippen LogP contribution in [0.3, 0.4) is 0 Å². The molecule has 1 aliphatic heterocycles. The van der Waals surface area contributed by atoms with Crippen molar-refractivity contribution in [3.63, 3.8) is 0 Å². The molecule has 3 N–H and O–H groups in total. The molecule has 1 saturated heterocycles. The Morgan fingerprint density at radius 1 is 1.45 bits per heavy atom. The van der Waals surface area contributed by atoms with Gasteiger partial charge in [0.15, 0.2) is 0 Å². The lowest BCUT2D eigenvalue weighted by atomic mass is 9.99. The maximum Gasteiger partial charge on any atom is 0.273 e. The quantitative estimate of drug-likeness (QED) is 0.547. The fourth-order valence-corrected chi connectivity index (χ4v) is 2.67. The second kappa shape index (κ2) is 8.43. The summed E-state index contributed by atoms with van der Waals surface area (Å²) in [5, 5.41) is 27.3. The summed E-state index contributed by atoms with van der Waals surface area (Å²) in [7, 11) is 0. The van der Waals surface area contributed by atoms with Crippen LogP contribution in [0.5, 0.6) is 0 Å². The van der Waals surface area contributed by atoms with Gasteiger partial charge in [-0.2, -0.15) is 0 Å². The first-order valence-electron chi connectivity index (χ1n) is 7.35. The second-order valence-electron chi connectivity index (χ2n) is 5.92. The van der Waals surface area contributed by atoms with E-state index >= 15 is 0 Å². The first-order chi connectivity index (χ1) is 9.99. The molecule has 1 heterocycles. The van der Waals surface area contributed by atoms with Crippen LogP contribution >= 0.6 is 12.4 Å². The Morgan fingerprint density at radius 3 is 2.73 bits per heavy atom. The second-order valence-corrected chi connectivity index (χ2v) is 5.92. The molecule has 0 amide bonds. The van der Waals surface area contributed by atoms with E-state index < -0.39 is 0 Å². The summed E-state index contributed by atoms with van der Waals surface area (Å²) in [6.45, 7) is 6.63. The van der Waals surface area contributed by atoms with E-state index in [0.717, 1.165) is 17.7 Å². The van der Waals surface area contributed by atoms with E-state index in [1.807, 2.05) is 26.0 Å². The van der Waals surface area contributed by atoms with Crippen molar-refractivity contribution in [1.29, 1.82) is 0 Å². The zero-order chi connectivity index (χ0) is 15.4. The molecule has 1 aromatic rings. The molecule has 2 atom stereocenters. The lowest BCUT2D eigenvalue weighted by molar-refractivity contribution is -0.385. The van der Waals surface area contributed by atoms with Crippen molar-refractivity contribution in [3.8, 4) is 0 Å². The van der Waals surface area contributed by atoms with Crippen molar-refractivity contribution in [3.05, 3.63) is 39.4 Å². The van der Waals surface area contributed by atoms with Gasteiger partial charge in [0.25, 0.3) is 5.69 Å². The molecular weight excluding hydrogens is 306 g/mol. The molecule has 0 aliphatic carbocycles. The van der Waals surface area contributed by atoms with Crippen molar-refractivity contribution in [2.24, 2.45) is 5.92 Å². The largest absolute Gasteiger partial charge is 0.391 e. The van der Waals surface area contributed by atoms with Crippen molar-refractivity contribution in [2.45, 2.75) is 32.4 Å². The molecule has 0 spiro atoms. The number of nitro groups is 1. The molecule has 0 bridgehead atoms. The van der Waals surface area contributed by atoms with Gasteiger partial charge in [-0.05, 0) is 11.5 Å². The van der Waals surface area contributed by atoms with Crippen molar-refractivity contribution in [1.82, 2.24) is 10.6 Å². The standard InChI is InChI=1S/C15H23N3O3.ClH/c1-10(2)13-4-3-11(5-14(13)18(20)21)6-16-7-12-8-17-9-15(12)19;/h3-5,10,12,15-17,19H,6-9H2,1-2H3;1H. The molecular formula is C15H24ClN3O3. The zero-order valence-electron chi connectivity index (χ0n) is 12.9. The Morgan fingerprint density at radius 2 is 2.18 bits per heavy atom. The maximum absolute atomic E-state index is 11.1. The summed E-state index contributed by atoms with van der Waals surface area (Å²) in [5.74, 6) is 0.335. The topological polar surface area (TPSA) is 87.4 Å². The van der Waals surface area contributed by atoms with Gasteiger partial charge in [-0.3, -0.25) is 10.1 Å². The summed E-state index contributed by atoms with van der Waals surface area (Å²) >= 11 is 0. The van der Waals surface area contributed by atoms with Crippen molar-refractivity contribution < 1.29 is 10.0 Å². The number of nitrogens with one attached hydrogen (secondary N) is 2. The normalized spacial score (nSPS) is 20.9. The highest BCUT2D eigenvalue weighted by Crippen LogP contribution is 2.27. The van der Waals surface area contributed by atoms with Crippen LogP contribution in [0.25, 0.3) is 0 Å². The van der Waals surface area contributed by atoms with Gasteiger partial charge in [0.1, 0.15) is 0 Å². The summed E-state index contributed by atoms with van der Waals surface area (Å²) in [6, 6.07) is 5.41. The van der Waals surface area contributed by atoms with Gasteiger partial charge in [0.05, 0.1) is 11.0 Å². The lowest BCUT2D eigenvalue weighted by Crippen LogP contribution is -2.30. The van der Waals surface area contributed by atoms with Crippen LogP contribution in [0, 0.1) is 16.0 Å². The van der Waals surface area contributed by atoms with E-state index in [-0.39, 0.29) is 41.0 Å². The van der Waals surface area contributed by atoms with Crippen LogP contribution in [0.1, 0.15) is 30.9 Å². The predicted octanol–water partition coefficient (Wildman–Crippen LogP) is 1.81. The average molecular weight is 330 g/mol. The van der Waals surface area contributed by atoms with Crippen molar-refractivity contribution >= 4 is 18.1 Å². The van der Waals surface area contributed by atoms with Gasteiger partial charge in [-0.1, -0.05) is 26.0 Å². The first-order valence-corrected chi connectivity index (χ1v) is 7.35. The number of hydrogen-bond acceptors (Lipinski definition) is 5. The molecule has 1 fully saturated rings. The molecule has 2 unspecified atom stereocenters. The number of nitro benzene ring substituents is 1. The minimum absolute atomic E-state index is 0. The first kappa shape index (κ1) is 18.8. The third-order valence-corrected chi connectivity index (χ3v) is 3.95. The van der Waals surface area contributed by atoms with Crippen LogP contribution in [0.15, 0.2) is 18.2 Å². The molecule has 0 saturated carbocycles. The molecule has 1 aliphatic rings. The highest BCUT2D eigenvalue weighted by Gasteiger charge is 2.24. The number of β-amino-alcohol motifs (C(OH)–C–C–N with tert-alkyl or cyclic N) is 1. The van der Waals surface area contributed by atoms with Gasteiger partial charge in [0, 0.05) is 43.7 Å². The number of aliphatic hydroxyl groups excluding tert-OH is 1. The fourth-order valence-electron chi connectivity index (χ4n) is 2.67.